The standard InChI is InChI=1S/C18H13N3O4S/c19-10-11-6-7-16-15(8-11)17(13-9-14(13)18(22)23)20-21(16)26(24,25)12-4-2-1-3-5-12/h1-8,13-14H,9H2,(H,22,23). The van der Waals surface area contributed by atoms with Crippen LogP contribution in [0.3, 0.4) is 0 Å². The smallest absolute Gasteiger partial charge is 0.307 e. The summed E-state index contributed by atoms with van der Waals surface area (Å²) in [5.41, 5.74) is 1.10. The number of carboxylic acids is 1. The minimum atomic E-state index is -3.93. The third kappa shape index (κ3) is 2.45. The molecule has 1 saturated carbocycles. The van der Waals surface area contributed by atoms with Crippen LogP contribution in [-0.2, 0) is 14.8 Å². The molecule has 26 heavy (non-hydrogen) atoms. The molecule has 7 nitrogen and oxygen atoms in total. The van der Waals surface area contributed by atoms with Crippen molar-refractivity contribution in [1.82, 2.24) is 9.19 Å². The number of nitrogens with zero attached hydrogens (tertiary/aromatic N) is 3. The minimum Gasteiger partial charge on any atom is -0.481 e. The predicted molar refractivity (Wildman–Crippen MR) is 92.0 cm³/mol. The second-order valence-corrected chi connectivity index (χ2v) is 7.94. The van der Waals surface area contributed by atoms with Gasteiger partial charge in [-0.1, -0.05) is 18.2 Å². The molecule has 1 fully saturated rings. The Balaban J connectivity index is 1.94. The summed E-state index contributed by atoms with van der Waals surface area (Å²) < 4.78 is 26.9. The number of carboxylic acid groups (broad SMARTS) is 1. The molecule has 1 heterocycles. The summed E-state index contributed by atoms with van der Waals surface area (Å²) in [7, 11) is -3.93. The second-order valence-electron chi connectivity index (χ2n) is 6.18. The van der Waals surface area contributed by atoms with E-state index in [1.807, 2.05) is 6.07 Å². The molecule has 2 aromatic carbocycles. The number of hydrogen-bond donors (Lipinski definition) is 1. The van der Waals surface area contributed by atoms with Crippen molar-refractivity contribution in [2.24, 2.45) is 5.92 Å². The third-order valence-corrected chi connectivity index (χ3v) is 6.14. The van der Waals surface area contributed by atoms with Crippen molar-refractivity contribution in [3.63, 3.8) is 0 Å². The normalized spacial score (nSPS) is 19.2. The molecule has 0 spiro atoms. The van der Waals surface area contributed by atoms with Crippen molar-refractivity contribution in [3.8, 4) is 6.07 Å². The number of carbonyl (C=O) groups is 1. The van der Waals surface area contributed by atoms with Crippen LogP contribution in [0.15, 0.2) is 53.4 Å². The van der Waals surface area contributed by atoms with Gasteiger partial charge in [0.05, 0.1) is 33.7 Å². The zero-order chi connectivity index (χ0) is 18.5. The first-order chi connectivity index (χ1) is 12.4. The van der Waals surface area contributed by atoms with E-state index in [2.05, 4.69) is 5.10 Å². The Kier molecular flexibility index (Phi) is 3.56. The molecule has 1 aromatic heterocycles. The van der Waals surface area contributed by atoms with Gasteiger partial charge >= 0.3 is 5.97 Å². The summed E-state index contributed by atoms with van der Waals surface area (Å²) >= 11 is 0. The molecule has 0 bridgehead atoms. The van der Waals surface area contributed by atoms with Gasteiger partial charge in [-0.3, -0.25) is 4.79 Å². The zero-order valence-corrected chi connectivity index (χ0v) is 14.2. The first kappa shape index (κ1) is 16.3. The number of aromatic nitrogens is 2. The van der Waals surface area contributed by atoms with Crippen LogP contribution >= 0.6 is 0 Å². The van der Waals surface area contributed by atoms with E-state index in [-0.39, 0.29) is 10.8 Å². The van der Waals surface area contributed by atoms with E-state index in [1.165, 1.54) is 24.3 Å². The minimum absolute atomic E-state index is 0.0888. The van der Waals surface area contributed by atoms with Gasteiger partial charge in [0.15, 0.2) is 0 Å². The van der Waals surface area contributed by atoms with E-state index in [1.54, 1.807) is 24.3 Å². The average Bonchev–Trinajstić information content (AvgIpc) is 3.36. The average molecular weight is 367 g/mol. The van der Waals surface area contributed by atoms with Crippen LogP contribution in [0.4, 0.5) is 0 Å². The van der Waals surface area contributed by atoms with Crippen molar-refractivity contribution in [2.45, 2.75) is 17.2 Å². The fourth-order valence-corrected chi connectivity index (χ4v) is 4.42. The van der Waals surface area contributed by atoms with Crippen LogP contribution in [0.2, 0.25) is 0 Å². The monoisotopic (exact) mass is 367 g/mol. The Morgan fingerprint density at radius 1 is 1.23 bits per heavy atom. The zero-order valence-electron chi connectivity index (χ0n) is 13.4. The summed E-state index contributed by atoms with van der Waals surface area (Å²) in [6.07, 6.45) is 0.406. The molecule has 2 atom stereocenters. The van der Waals surface area contributed by atoms with Crippen molar-refractivity contribution < 1.29 is 18.3 Å². The van der Waals surface area contributed by atoms with Crippen LogP contribution < -0.4 is 0 Å². The molecule has 0 aliphatic heterocycles. The highest BCUT2D eigenvalue weighted by Gasteiger charge is 2.47. The van der Waals surface area contributed by atoms with Crippen molar-refractivity contribution >= 4 is 26.9 Å². The highest BCUT2D eigenvalue weighted by Crippen LogP contribution is 2.49. The molecule has 0 radical (unpaired) electrons. The van der Waals surface area contributed by atoms with Crippen LogP contribution in [0, 0.1) is 17.2 Å². The molecule has 0 amide bonds. The summed E-state index contributed by atoms with van der Waals surface area (Å²) in [6, 6.07) is 14.5. The fraction of sp³-hybridized carbons (Fsp3) is 0.167. The molecule has 0 saturated heterocycles. The molecule has 130 valence electrons. The first-order valence-corrected chi connectivity index (χ1v) is 9.33. The van der Waals surface area contributed by atoms with E-state index in [0.717, 1.165) is 4.09 Å². The summed E-state index contributed by atoms with van der Waals surface area (Å²) in [6.45, 7) is 0. The molecule has 1 N–H and O–H groups in total. The molecule has 4 rings (SSSR count). The van der Waals surface area contributed by atoms with Crippen LogP contribution in [-0.4, -0.2) is 28.7 Å². The van der Waals surface area contributed by atoms with Gasteiger partial charge in [-0.05, 0) is 36.8 Å². The number of rotatable bonds is 4. The molecule has 1 aliphatic rings. The molecule has 2 unspecified atom stereocenters. The van der Waals surface area contributed by atoms with Crippen molar-refractivity contribution in [2.75, 3.05) is 0 Å². The largest absolute Gasteiger partial charge is 0.481 e. The molecule has 1 aliphatic carbocycles. The van der Waals surface area contributed by atoms with E-state index in [0.29, 0.717) is 28.6 Å². The van der Waals surface area contributed by atoms with Crippen LogP contribution in [0.25, 0.3) is 10.9 Å². The lowest BCUT2D eigenvalue weighted by Crippen LogP contribution is -2.14. The van der Waals surface area contributed by atoms with Gasteiger partial charge in [0.25, 0.3) is 10.0 Å². The van der Waals surface area contributed by atoms with Crippen molar-refractivity contribution in [3.05, 3.63) is 59.8 Å². The number of nitriles is 1. The Hall–Kier alpha value is -3.18. The van der Waals surface area contributed by atoms with Gasteiger partial charge in [-0.2, -0.15) is 22.9 Å². The molecular formula is C18H13N3O4S. The van der Waals surface area contributed by atoms with E-state index < -0.39 is 21.9 Å². The summed E-state index contributed by atoms with van der Waals surface area (Å²) in [5.74, 6) is -1.86. The quantitative estimate of drug-likeness (QED) is 0.757. The van der Waals surface area contributed by atoms with Gasteiger partial charge in [-0.25, -0.2) is 0 Å². The van der Waals surface area contributed by atoms with Gasteiger partial charge < -0.3 is 5.11 Å². The van der Waals surface area contributed by atoms with Gasteiger partial charge in [-0.15, -0.1) is 0 Å². The molecule has 3 aromatic rings. The first-order valence-electron chi connectivity index (χ1n) is 7.89. The highest BCUT2D eigenvalue weighted by molar-refractivity contribution is 7.90. The van der Waals surface area contributed by atoms with Gasteiger partial charge in [0.1, 0.15) is 0 Å². The molecule has 8 heteroatoms. The van der Waals surface area contributed by atoms with Crippen LogP contribution in [0.5, 0.6) is 0 Å². The number of fused-ring (bicyclic) bond motifs is 1. The lowest BCUT2D eigenvalue weighted by Gasteiger charge is -2.05. The Morgan fingerprint density at radius 3 is 2.58 bits per heavy atom. The third-order valence-electron chi connectivity index (χ3n) is 4.53. The second kappa shape index (κ2) is 5.68. The van der Waals surface area contributed by atoms with Crippen molar-refractivity contribution in [1.29, 1.82) is 5.26 Å². The lowest BCUT2D eigenvalue weighted by atomic mass is 10.1. The Bertz CT molecular complexity index is 1180. The fourth-order valence-electron chi connectivity index (χ4n) is 3.10. The van der Waals surface area contributed by atoms with E-state index >= 15 is 0 Å². The highest BCUT2D eigenvalue weighted by atomic mass is 32.2. The Morgan fingerprint density at radius 2 is 1.96 bits per heavy atom. The van der Waals surface area contributed by atoms with Gasteiger partial charge in [0.2, 0.25) is 0 Å². The number of aliphatic carboxylic acids is 1. The maximum Gasteiger partial charge on any atom is 0.307 e. The van der Waals surface area contributed by atoms with E-state index in [9.17, 15) is 18.3 Å². The molecular weight excluding hydrogens is 354 g/mol. The topological polar surface area (TPSA) is 113 Å². The lowest BCUT2D eigenvalue weighted by molar-refractivity contribution is -0.138. The SMILES string of the molecule is N#Cc1ccc2c(c1)c(C1CC1C(=O)O)nn2S(=O)(=O)c1ccccc1. The maximum atomic E-state index is 13.0. The summed E-state index contributed by atoms with van der Waals surface area (Å²) in [5, 5.41) is 23.1. The number of hydrogen-bond acceptors (Lipinski definition) is 5. The number of benzene rings is 2. The van der Waals surface area contributed by atoms with Crippen LogP contribution in [0.1, 0.15) is 23.6 Å². The predicted octanol–water partition coefficient (Wildman–Crippen LogP) is 2.33. The van der Waals surface area contributed by atoms with E-state index in [4.69, 9.17) is 5.26 Å². The summed E-state index contributed by atoms with van der Waals surface area (Å²) in [4.78, 5) is 11.3. The Labute approximate surface area is 149 Å². The van der Waals surface area contributed by atoms with Gasteiger partial charge in [0, 0.05) is 11.3 Å². The maximum absolute atomic E-state index is 13.0.